The van der Waals surface area contributed by atoms with Gasteiger partial charge in [-0.2, -0.15) is 0 Å². The first kappa shape index (κ1) is 12.5. The van der Waals surface area contributed by atoms with E-state index >= 15 is 0 Å². The van der Waals surface area contributed by atoms with Gasteiger partial charge >= 0.3 is 0 Å². The molecular formula is C12H19N3O. The van der Waals surface area contributed by atoms with Crippen molar-refractivity contribution in [3.8, 4) is 5.75 Å². The summed E-state index contributed by atoms with van der Waals surface area (Å²) in [5.41, 5.74) is 7.25. The highest BCUT2D eigenvalue weighted by atomic mass is 16.5. The van der Waals surface area contributed by atoms with Gasteiger partial charge in [0.15, 0.2) is 0 Å². The van der Waals surface area contributed by atoms with E-state index in [4.69, 9.17) is 15.9 Å². The third-order valence-electron chi connectivity index (χ3n) is 2.22. The second kappa shape index (κ2) is 5.51. The molecule has 0 aromatic heterocycles. The molecule has 0 saturated heterocycles. The molecule has 0 amide bonds. The molecule has 0 atom stereocenters. The summed E-state index contributed by atoms with van der Waals surface area (Å²) in [6, 6.07) is 5.69. The van der Waals surface area contributed by atoms with E-state index in [0.29, 0.717) is 17.9 Å². The fourth-order valence-corrected chi connectivity index (χ4v) is 1.32. The Labute approximate surface area is 96.5 Å². The van der Waals surface area contributed by atoms with Crippen molar-refractivity contribution in [1.29, 1.82) is 5.41 Å². The molecule has 0 radical (unpaired) electrons. The highest BCUT2D eigenvalue weighted by Crippen LogP contribution is 2.19. The van der Waals surface area contributed by atoms with Crippen LogP contribution in [0.2, 0.25) is 0 Å². The van der Waals surface area contributed by atoms with E-state index in [1.807, 2.05) is 44.1 Å². The minimum atomic E-state index is 0.0450. The van der Waals surface area contributed by atoms with Crippen LogP contribution in [-0.4, -0.2) is 38.0 Å². The monoisotopic (exact) mass is 221 g/mol. The first-order valence-corrected chi connectivity index (χ1v) is 5.23. The summed E-state index contributed by atoms with van der Waals surface area (Å²) >= 11 is 0. The van der Waals surface area contributed by atoms with Gasteiger partial charge in [0.05, 0.1) is 5.56 Å². The molecule has 1 aromatic rings. The normalized spacial score (nSPS) is 10.5. The van der Waals surface area contributed by atoms with Crippen molar-refractivity contribution < 1.29 is 4.74 Å². The number of hydrogen-bond acceptors (Lipinski definition) is 3. The molecule has 0 unspecified atom stereocenters. The molecule has 4 heteroatoms. The van der Waals surface area contributed by atoms with Crippen LogP contribution in [0.3, 0.4) is 0 Å². The zero-order chi connectivity index (χ0) is 12.1. The number of nitrogens with two attached hydrogens (primary N) is 1. The quantitative estimate of drug-likeness (QED) is 0.580. The first-order valence-electron chi connectivity index (χ1n) is 5.23. The minimum absolute atomic E-state index is 0.0450. The van der Waals surface area contributed by atoms with Gasteiger partial charge in [0.1, 0.15) is 18.2 Å². The molecule has 16 heavy (non-hydrogen) atoms. The Bertz CT molecular complexity index is 375. The molecule has 0 aliphatic carbocycles. The smallest absolute Gasteiger partial charge is 0.130 e. The number of benzene rings is 1. The second-order valence-electron chi connectivity index (χ2n) is 4.07. The Kier molecular flexibility index (Phi) is 4.31. The van der Waals surface area contributed by atoms with Crippen molar-refractivity contribution in [2.75, 3.05) is 27.2 Å². The van der Waals surface area contributed by atoms with E-state index in [0.717, 1.165) is 12.1 Å². The summed E-state index contributed by atoms with van der Waals surface area (Å²) in [5, 5.41) is 7.48. The SMILES string of the molecule is Cc1ccc(OCCN(C)C)c(C(=N)N)c1. The number of likely N-dealkylation sites (N-methyl/N-ethyl adjacent to an activating group) is 1. The summed E-state index contributed by atoms with van der Waals surface area (Å²) in [6.07, 6.45) is 0. The molecular weight excluding hydrogens is 202 g/mol. The molecule has 1 aromatic carbocycles. The van der Waals surface area contributed by atoms with Crippen LogP contribution < -0.4 is 10.5 Å². The lowest BCUT2D eigenvalue weighted by Crippen LogP contribution is -2.21. The molecule has 0 aliphatic rings. The number of aryl methyl sites for hydroxylation is 1. The van der Waals surface area contributed by atoms with Crippen molar-refractivity contribution >= 4 is 5.84 Å². The predicted molar refractivity (Wildman–Crippen MR) is 66.2 cm³/mol. The average Bonchev–Trinajstić information content (AvgIpc) is 2.19. The summed E-state index contributed by atoms with van der Waals surface area (Å²) < 4.78 is 5.60. The number of nitrogens with zero attached hydrogens (tertiary/aromatic N) is 1. The van der Waals surface area contributed by atoms with Gasteiger partial charge in [0.25, 0.3) is 0 Å². The molecule has 1 rings (SSSR count). The Hall–Kier alpha value is -1.55. The van der Waals surface area contributed by atoms with Gasteiger partial charge in [-0.3, -0.25) is 5.41 Å². The van der Waals surface area contributed by atoms with Gasteiger partial charge in [-0.1, -0.05) is 11.6 Å². The summed E-state index contributed by atoms with van der Waals surface area (Å²) in [4.78, 5) is 2.04. The summed E-state index contributed by atoms with van der Waals surface area (Å²) in [5.74, 6) is 0.725. The average molecular weight is 221 g/mol. The summed E-state index contributed by atoms with van der Waals surface area (Å²) in [7, 11) is 3.98. The van der Waals surface area contributed by atoms with E-state index < -0.39 is 0 Å². The molecule has 0 saturated carbocycles. The van der Waals surface area contributed by atoms with Crippen LogP contribution in [-0.2, 0) is 0 Å². The van der Waals surface area contributed by atoms with Crippen molar-refractivity contribution in [3.63, 3.8) is 0 Å². The van der Waals surface area contributed by atoms with Gasteiger partial charge in [-0.25, -0.2) is 0 Å². The maximum absolute atomic E-state index is 7.48. The fraction of sp³-hybridized carbons (Fsp3) is 0.417. The van der Waals surface area contributed by atoms with Crippen molar-refractivity contribution in [2.45, 2.75) is 6.92 Å². The third-order valence-corrected chi connectivity index (χ3v) is 2.22. The molecule has 0 aliphatic heterocycles. The lowest BCUT2D eigenvalue weighted by atomic mass is 10.1. The van der Waals surface area contributed by atoms with Crippen LogP contribution in [0.25, 0.3) is 0 Å². The highest BCUT2D eigenvalue weighted by Gasteiger charge is 2.06. The number of amidine groups is 1. The van der Waals surface area contributed by atoms with Crippen LogP contribution in [0, 0.1) is 12.3 Å². The van der Waals surface area contributed by atoms with Gasteiger partial charge in [0.2, 0.25) is 0 Å². The molecule has 3 N–H and O–H groups in total. The molecule has 0 spiro atoms. The molecule has 0 heterocycles. The maximum Gasteiger partial charge on any atom is 0.130 e. The molecule has 0 bridgehead atoms. The van der Waals surface area contributed by atoms with Gasteiger partial charge in [0, 0.05) is 6.54 Å². The predicted octanol–water partition coefficient (Wildman–Crippen LogP) is 1.22. The number of nitrogens with one attached hydrogen (secondary N) is 1. The minimum Gasteiger partial charge on any atom is -0.491 e. The number of hydrogen-bond donors (Lipinski definition) is 2. The maximum atomic E-state index is 7.48. The Morgan fingerprint density at radius 1 is 1.44 bits per heavy atom. The van der Waals surface area contributed by atoms with Crippen LogP contribution in [0.5, 0.6) is 5.75 Å². The molecule has 4 nitrogen and oxygen atoms in total. The van der Waals surface area contributed by atoms with Crippen molar-refractivity contribution in [3.05, 3.63) is 29.3 Å². The summed E-state index contributed by atoms with van der Waals surface area (Å²) in [6.45, 7) is 3.40. The Balaban J connectivity index is 2.75. The zero-order valence-corrected chi connectivity index (χ0v) is 10.1. The van der Waals surface area contributed by atoms with E-state index in [1.54, 1.807) is 0 Å². The van der Waals surface area contributed by atoms with E-state index in [2.05, 4.69) is 0 Å². The third kappa shape index (κ3) is 3.55. The Morgan fingerprint density at radius 3 is 2.69 bits per heavy atom. The van der Waals surface area contributed by atoms with E-state index in [-0.39, 0.29) is 5.84 Å². The number of rotatable bonds is 5. The van der Waals surface area contributed by atoms with Gasteiger partial charge < -0.3 is 15.4 Å². The van der Waals surface area contributed by atoms with E-state index in [9.17, 15) is 0 Å². The molecule has 0 fully saturated rings. The molecule has 88 valence electrons. The van der Waals surface area contributed by atoms with Gasteiger partial charge in [-0.15, -0.1) is 0 Å². The van der Waals surface area contributed by atoms with Crippen LogP contribution >= 0.6 is 0 Å². The lowest BCUT2D eigenvalue weighted by Gasteiger charge is -2.13. The zero-order valence-electron chi connectivity index (χ0n) is 10.1. The fourth-order valence-electron chi connectivity index (χ4n) is 1.32. The van der Waals surface area contributed by atoms with Gasteiger partial charge in [-0.05, 0) is 33.2 Å². The number of ether oxygens (including phenoxy) is 1. The van der Waals surface area contributed by atoms with E-state index in [1.165, 1.54) is 0 Å². The Morgan fingerprint density at radius 2 is 2.12 bits per heavy atom. The standard InChI is InChI=1S/C12H19N3O/c1-9-4-5-11(10(8-9)12(13)14)16-7-6-15(2)3/h4-5,8H,6-7H2,1-3H3,(H3,13,14). The lowest BCUT2D eigenvalue weighted by molar-refractivity contribution is 0.261. The number of nitrogen functional groups attached to an aromatic ring is 1. The van der Waals surface area contributed by atoms with Crippen molar-refractivity contribution in [2.24, 2.45) is 5.73 Å². The van der Waals surface area contributed by atoms with Crippen LogP contribution in [0.15, 0.2) is 18.2 Å². The van der Waals surface area contributed by atoms with Crippen LogP contribution in [0.4, 0.5) is 0 Å². The largest absolute Gasteiger partial charge is 0.491 e. The second-order valence-corrected chi connectivity index (χ2v) is 4.07. The van der Waals surface area contributed by atoms with Crippen molar-refractivity contribution in [1.82, 2.24) is 4.90 Å². The topological polar surface area (TPSA) is 62.3 Å². The first-order chi connectivity index (χ1) is 7.50. The highest BCUT2D eigenvalue weighted by molar-refractivity contribution is 5.97. The van der Waals surface area contributed by atoms with Crippen LogP contribution in [0.1, 0.15) is 11.1 Å².